The topological polar surface area (TPSA) is 571 Å². The molecule has 0 bridgehead atoms. The monoisotopic (exact) mass is 1150 g/mol. The van der Waals surface area contributed by atoms with Gasteiger partial charge in [-0.2, -0.15) is 0 Å². The molecule has 0 saturated carbocycles. The van der Waals surface area contributed by atoms with Crippen LogP contribution in [0, 0.1) is 17.2 Å². The van der Waals surface area contributed by atoms with Crippen molar-refractivity contribution >= 4 is 88.9 Å². The summed E-state index contributed by atoms with van der Waals surface area (Å²) < 4.78 is 0. The van der Waals surface area contributed by atoms with Crippen molar-refractivity contribution in [1.82, 2.24) is 63.1 Å². The minimum absolute atomic E-state index is 0.0102. The molecule has 9 atom stereocenters. The smallest absolute Gasteiger partial charge is 0.326 e. The van der Waals surface area contributed by atoms with E-state index >= 15 is 0 Å². The average molecular weight is 1150 g/mol. The number of carboxylic acid groups (broad SMARTS) is 4. The lowest BCUT2D eigenvalue weighted by molar-refractivity contribution is -0.143. The highest BCUT2D eigenvalue weighted by atomic mass is 16.4. The lowest BCUT2D eigenvalue weighted by Crippen LogP contribution is -2.60. The molecule has 0 aliphatic rings. The molecule has 0 radical (unpaired) electrons. The normalized spacial score (nSPS) is 14.3. The molecule has 1 rings (SSSR count). The first-order valence-corrected chi connectivity index (χ1v) is 25.5. The van der Waals surface area contributed by atoms with E-state index in [1.165, 1.54) is 12.5 Å². The summed E-state index contributed by atoms with van der Waals surface area (Å²) in [5.41, 5.74) is 17.0. The molecule has 0 aliphatic heterocycles. The summed E-state index contributed by atoms with van der Waals surface area (Å²) >= 11 is 0. The number of aromatic amines is 1. The van der Waals surface area contributed by atoms with Crippen LogP contribution in [-0.2, 0) is 73.5 Å². The molecule has 0 saturated heterocycles. The Bertz CT molecular complexity index is 2400. The number of imidazole rings is 1. The van der Waals surface area contributed by atoms with Crippen LogP contribution in [0.4, 0.5) is 0 Å². The minimum Gasteiger partial charge on any atom is -0.481 e. The molecule has 81 heavy (non-hydrogen) atoms. The molecule has 1 heterocycles. The number of nitrogens with zero attached hydrogens (tertiary/aromatic N) is 1. The Morgan fingerprint density at radius 2 is 1.00 bits per heavy atom. The van der Waals surface area contributed by atoms with Gasteiger partial charge in [-0.25, -0.2) is 9.78 Å². The van der Waals surface area contributed by atoms with Crippen molar-refractivity contribution in [2.45, 2.75) is 160 Å². The zero-order valence-corrected chi connectivity index (χ0v) is 45.4. The van der Waals surface area contributed by atoms with Gasteiger partial charge in [-0.15, -0.1) is 0 Å². The van der Waals surface area contributed by atoms with E-state index in [2.05, 4.69) is 63.1 Å². The number of carbonyl (C=O) groups excluding carboxylic acids is 10. The molecule has 1 aromatic heterocycles. The van der Waals surface area contributed by atoms with Gasteiger partial charge in [-0.05, 0) is 57.3 Å². The summed E-state index contributed by atoms with van der Waals surface area (Å²) in [5, 5.41) is 68.2. The van der Waals surface area contributed by atoms with Crippen LogP contribution < -0.4 is 70.4 Å². The number of aromatic nitrogens is 2. The van der Waals surface area contributed by atoms with Crippen molar-refractivity contribution in [3.63, 3.8) is 0 Å². The van der Waals surface area contributed by atoms with Gasteiger partial charge in [-0.3, -0.25) is 67.7 Å². The van der Waals surface area contributed by atoms with Gasteiger partial charge in [-0.1, -0.05) is 27.7 Å². The average Bonchev–Trinajstić information content (AvgIpc) is 3.89. The number of hydrogen-bond donors (Lipinski definition) is 19. The van der Waals surface area contributed by atoms with Crippen LogP contribution in [0.25, 0.3) is 0 Å². The maximum absolute atomic E-state index is 13.9. The van der Waals surface area contributed by atoms with Crippen LogP contribution in [-0.4, -0.2) is 187 Å². The Balaban J connectivity index is 3.28. The summed E-state index contributed by atoms with van der Waals surface area (Å²) in [4.78, 5) is 186. The molecule has 10 amide bonds. The number of primary amides is 1. The Kier molecular flexibility index (Phi) is 30.7. The molecule has 22 N–H and O–H groups in total. The predicted molar refractivity (Wildman–Crippen MR) is 280 cm³/mol. The summed E-state index contributed by atoms with van der Waals surface area (Å²) in [6, 6.07) is -14.3. The zero-order valence-electron chi connectivity index (χ0n) is 45.4. The quantitative estimate of drug-likeness (QED) is 0.0166. The van der Waals surface area contributed by atoms with E-state index < -0.39 is 188 Å². The Hall–Kier alpha value is -8.98. The van der Waals surface area contributed by atoms with Gasteiger partial charge in [0.1, 0.15) is 48.3 Å². The number of amides is 10. The van der Waals surface area contributed by atoms with Crippen molar-refractivity contribution in [3.05, 3.63) is 18.2 Å². The molecule has 1 aromatic rings. The van der Waals surface area contributed by atoms with E-state index in [1.807, 2.05) is 0 Å². The molecular formula is C47H76N16O18. The molecule has 0 spiro atoms. The van der Waals surface area contributed by atoms with Gasteiger partial charge >= 0.3 is 23.9 Å². The fourth-order valence-electron chi connectivity index (χ4n) is 7.35. The lowest BCUT2D eigenvalue weighted by atomic mass is 10.0. The second-order valence-corrected chi connectivity index (χ2v) is 19.5. The van der Waals surface area contributed by atoms with E-state index in [1.54, 1.807) is 27.7 Å². The highest BCUT2D eigenvalue weighted by Crippen LogP contribution is 2.11. The number of H-pyrrole nitrogens is 1. The summed E-state index contributed by atoms with van der Waals surface area (Å²) in [6.07, 6.45) is -1.67. The van der Waals surface area contributed by atoms with Gasteiger partial charge in [0.15, 0.2) is 5.96 Å². The Morgan fingerprint density at radius 1 is 0.543 bits per heavy atom. The van der Waals surface area contributed by atoms with Gasteiger partial charge in [0.05, 0.1) is 37.4 Å². The standard InChI is InChI=1S/C47H76N16O18/c1-21(2)13-29(43(77)58-26(7-6-12-53-47(50)51)40(74)54-19-34(65)57-27(8-10-33(49)64)41(75)59-28(46(80)81)9-11-35(66)67)60-38(72)23(5)56-42(76)31(16-36(68)69)62-45(79)32(17-37(70)71)63-44(78)30(14-22(3)4)61-39(73)25(48)15-24-18-52-20-55-24/h18,20-23,25-32H,6-17,19,48H2,1-5H3,(H2,49,64)(H,52,55)(H,54,74)(H,56,76)(H,57,65)(H,58,77)(H,59,75)(H,60,72)(H,61,73)(H,62,79)(H,63,78)(H,66,67)(H,68,69)(H,70,71)(H,80,81)(H4,50,51,53)/t23-,25-,26-,27-,28-,29-,30-,31-,32-/m0/s1. The molecular weight excluding hydrogens is 1080 g/mol. The molecule has 0 aliphatic carbocycles. The minimum atomic E-state index is -2.00. The third-order valence-electron chi connectivity index (χ3n) is 11.4. The van der Waals surface area contributed by atoms with E-state index in [0.717, 1.165) is 6.92 Å². The first-order valence-electron chi connectivity index (χ1n) is 25.5. The van der Waals surface area contributed by atoms with E-state index in [4.69, 9.17) is 27.7 Å². The highest BCUT2D eigenvalue weighted by Gasteiger charge is 2.35. The summed E-state index contributed by atoms with van der Waals surface area (Å²) in [6.45, 7) is 7.03. The van der Waals surface area contributed by atoms with Crippen molar-refractivity contribution in [2.75, 3.05) is 13.1 Å². The fraction of sp³-hybridized carbons (Fsp3) is 0.617. The summed E-state index contributed by atoms with van der Waals surface area (Å²) in [7, 11) is 0. The molecule has 0 unspecified atom stereocenters. The summed E-state index contributed by atoms with van der Waals surface area (Å²) in [5.74, 6) is -17.7. The first kappa shape index (κ1) is 70.0. The number of carbonyl (C=O) groups is 14. The number of nitrogens with two attached hydrogens (primary N) is 3. The number of carboxylic acids is 4. The Morgan fingerprint density at radius 3 is 1.47 bits per heavy atom. The second kappa shape index (κ2) is 35.5. The van der Waals surface area contributed by atoms with Crippen molar-refractivity contribution in [2.24, 2.45) is 29.0 Å². The highest BCUT2D eigenvalue weighted by molar-refractivity contribution is 5.99. The van der Waals surface area contributed by atoms with Crippen LogP contribution in [0.2, 0.25) is 0 Å². The van der Waals surface area contributed by atoms with Crippen molar-refractivity contribution in [1.29, 1.82) is 5.41 Å². The largest absolute Gasteiger partial charge is 0.481 e. The predicted octanol–water partition coefficient (Wildman–Crippen LogP) is -6.19. The van der Waals surface area contributed by atoms with E-state index in [-0.39, 0.29) is 50.5 Å². The van der Waals surface area contributed by atoms with Crippen LogP contribution in [0.15, 0.2) is 12.5 Å². The second-order valence-electron chi connectivity index (χ2n) is 19.5. The SMILES string of the molecule is CC(C)C[C@H](NC(=O)[C@H](C)NC(=O)[C@H](CC(=O)O)NC(=O)[C@H](CC(=O)O)NC(=O)[C@H](CC(C)C)NC(=O)[C@@H](N)Cc1c[nH]cn1)C(=O)N[C@@H](CCCNC(=N)N)C(=O)NCC(=O)N[C@@H](CCC(N)=O)C(=O)N[C@@H](CCC(=O)O)C(=O)O. The molecule has 0 aromatic carbocycles. The van der Waals surface area contributed by atoms with Crippen LogP contribution >= 0.6 is 0 Å². The number of nitrogens with one attached hydrogen (secondary N) is 12. The third-order valence-corrected chi connectivity index (χ3v) is 11.4. The number of aliphatic carboxylic acids is 4. The van der Waals surface area contributed by atoms with E-state index in [9.17, 15) is 82.4 Å². The van der Waals surface area contributed by atoms with Crippen molar-refractivity contribution < 1.29 is 87.5 Å². The molecule has 452 valence electrons. The number of hydrogen-bond acceptors (Lipinski definition) is 17. The molecule has 0 fully saturated rings. The third kappa shape index (κ3) is 29.0. The first-order chi connectivity index (χ1) is 37.8. The van der Waals surface area contributed by atoms with Crippen LogP contribution in [0.1, 0.15) is 105 Å². The lowest BCUT2D eigenvalue weighted by Gasteiger charge is -2.27. The van der Waals surface area contributed by atoms with E-state index in [0.29, 0.717) is 5.69 Å². The van der Waals surface area contributed by atoms with Gasteiger partial charge in [0, 0.05) is 32.0 Å². The zero-order chi connectivity index (χ0) is 61.7. The maximum Gasteiger partial charge on any atom is 0.326 e. The van der Waals surface area contributed by atoms with Gasteiger partial charge < -0.3 is 95.8 Å². The maximum atomic E-state index is 13.9. The molecule has 34 nitrogen and oxygen atoms in total. The number of guanidine groups is 1. The van der Waals surface area contributed by atoms with Gasteiger partial charge in [0.2, 0.25) is 59.1 Å². The van der Waals surface area contributed by atoms with Crippen LogP contribution in [0.5, 0.6) is 0 Å². The fourth-order valence-corrected chi connectivity index (χ4v) is 7.35. The van der Waals surface area contributed by atoms with Crippen molar-refractivity contribution in [3.8, 4) is 0 Å². The Labute approximate surface area is 464 Å². The molecule has 34 heteroatoms. The van der Waals surface area contributed by atoms with Gasteiger partial charge in [0.25, 0.3) is 0 Å². The van der Waals surface area contributed by atoms with Crippen LogP contribution in [0.3, 0.4) is 0 Å². The number of rotatable bonds is 39.